The number of nitrogens with zero attached hydrogens (tertiary/aromatic N) is 2. The highest BCUT2D eigenvalue weighted by molar-refractivity contribution is 7.90. The van der Waals surface area contributed by atoms with Gasteiger partial charge in [-0.1, -0.05) is 18.5 Å². The molecule has 1 saturated heterocycles. The molecule has 1 aromatic rings. The van der Waals surface area contributed by atoms with Crippen LogP contribution in [0, 0.1) is 5.92 Å². The fraction of sp³-hybridized carbons (Fsp3) is 0.533. The molecule has 0 N–H and O–H groups in total. The van der Waals surface area contributed by atoms with E-state index in [0.29, 0.717) is 30.6 Å². The molecule has 1 aromatic carbocycles. The molecule has 122 valence electrons. The van der Waals surface area contributed by atoms with Crippen LogP contribution in [0.2, 0.25) is 5.02 Å². The van der Waals surface area contributed by atoms with E-state index >= 15 is 0 Å². The second-order valence-corrected chi connectivity index (χ2v) is 8.53. The lowest BCUT2D eigenvalue weighted by atomic mass is 10.1. The van der Waals surface area contributed by atoms with E-state index in [-0.39, 0.29) is 15.8 Å². The van der Waals surface area contributed by atoms with Gasteiger partial charge in [-0.15, -0.1) is 0 Å². The quantitative estimate of drug-likeness (QED) is 0.838. The third-order valence-electron chi connectivity index (χ3n) is 4.10. The van der Waals surface area contributed by atoms with Crippen LogP contribution in [0.15, 0.2) is 23.1 Å². The summed E-state index contributed by atoms with van der Waals surface area (Å²) in [7, 11) is 0.539. The van der Waals surface area contributed by atoms with Crippen molar-refractivity contribution in [2.75, 3.05) is 33.4 Å². The Morgan fingerprint density at radius 1 is 1.32 bits per heavy atom. The Labute approximate surface area is 136 Å². The van der Waals surface area contributed by atoms with Gasteiger partial charge in [0.2, 0.25) is 0 Å². The summed E-state index contributed by atoms with van der Waals surface area (Å²) in [5.74, 6) is 0.221. The largest absolute Gasteiger partial charge is 0.337 e. The standard InChI is InChI=1S/C15H21ClN2O3S/c1-10-8-18(9-13(10)17(2)3)15(19)11-5-6-12(16)14(7-11)22(4,20)21/h5-7,10,13H,8-9H2,1-4H3/t10-,13+/m0/s1. The van der Waals surface area contributed by atoms with Gasteiger partial charge in [-0.25, -0.2) is 8.42 Å². The third-order valence-corrected chi connectivity index (χ3v) is 5.68. The number of amides is 1. The van der Waals surface area contributed by atoms with E-state index < -0.39 is 9.84 Å². The van der Waals surface area contributed by atoms with Crippen LogP contribution >= 0.6 is 11.6 Å². The van der Waals surface area contributed by atoms with Crippen molar-refractivity contribution in [1.82, 2.24) is 9.80 Å². The molecular weight excluding hydrogens is 324 g/mol. The zero-order valence-electron chi connectivity index (χ0n) is 13.2. The van der Waals surface area contributed by atoms with Gasteiger partial charge in [0.25, 0.3) is 5.91 Å². The smallest absolute Gasteiger partial charge is 0.253 e. The van der Waals surface area contributed by atoms with Gasteiger partial charge in [0.1, 0.15) is 0 Å². The Kier molecular flexibility index (Phi) is 4.84. The Balaban J connectivity index is 2.28. The molecule has 0 unspecified atom stereocenters. The monoisotopic (exact) mass is 344 g/mol. The number of sulfone groups is 1. The van der Waals surface area contributed by atoms with Gasteiger partial charge in [-0.3, -0.25) is 4.79 Å². The lowest BCUT2D eigenvalue weighted by molar-refractivity contribution is 0.0781. The predicted octanol–water partition coefficient (Wildman–Crippen LogP) is 1.77. The molecule has 5 nitrogen and oxygen atoms in total. The molecule has 7 heteroatoms. The maximum atomic E-state index is 12.6. The molecule has 0 saturated carbocycles. The fourth-order valence-electron chi connectivity index (χ4n) is 2.89. The lowest BCUT2D eigenvalue weighted by Gasteiger charge is -2.22. The van der Waals surface area contributed by atoms with Crippen LogP contribution in [0.5, 0.6) is 0 Å². The van der Waals surface area contributed by atoms with Gasteiger partial charge in [0.15, 0.2) is 9.84 Å². The molecule has 0 aromatic heterocycles. The van der Waals surface area contributed by atoms with Gasteiger partial charge >= 0.3 is 0 Å². The second kappa shape index (κ2) is 6.18. The number of likely N-dealkylation sites (tertiary alicyclic amines) is 1. The summed E-state index contributed by atoms with van der Waals surface area (Å²) in [6.07, 6.45) is 1.09. The first kappa shape index (κ1) is 17.2. The fourth-order valence-corrected chi connectivity index (χ4v) is 4.19. The van der Waals surface area contributed by atoms with Crippen molar-refractivity contribution in [3.05, 3.63) is 28.8 Å². The van der Waals surface area contributed by atoms with E-state index in [4.69, 9.17) is 11.6 Å². The van der Waals surface area contributed by atoms with Crippen LogP contribution in [-0.2, 0) is 9.84 Å². The molecule has 0 aliphatic carbocycles. The first-order chi connectivity index (χ1) is 10.1. The van der Waals surface area contributed by atoms with Crippen molar-refractivity contribution in [3.63, 3.8) is 0 Å². The number of carbonyl (C=O) groups is 1. The minimum absolute atomic E-state index is 0.00331. The molecule has 0 spiro atoms. The molecule has 1 fully saturated rings. The number of benzene rings is 1. The number of hydrogen-bond acceptors (Lipinski definition) is 4. The zero-order chi connectivity index (χ0) is 16.7. The van der Waals surface area contributed by atoms with Crippen molar-refractivity contribution in [2.45, 2.75) is 17.9 Å². The average molecular weight is 345 g/mol. The summed E-state index contributed by atoms with van der Waals surface area (Å²) >= 11 is 5.92. The Bertz CT molecular complexity index is 688. The summed E-state index contributed by atoms with van der Waals surface area (Å²) in [6.45, 7) is 3.42. The minimum atomic E-state index is -3.46. The van der Waals surface area contributed by atoms with Crippen LogP contribution in [0.25, 0.3) is 0 Å². The molecule has 2 rings (SSSR count). The SMILES string of the molecule is C[C@H]1CN(C(=O)c2ccc(Cl)c(S(C)(=O)=O)c2)C[C@H]1N(C)C. The first-order valence-electron chi connectivity index (χ1n) is 7.06. The summed E-state index contributed by atoms with van der Waals surface area (Å²) in [6, 6.07) is 4.72. The number of halogens is 1. The summed E-state index contributed by atoms with van der Waals surface area (Å²) in [4.78, 5) is 16.5. The Morgan fingerprint density at radius 2 is 1.95 bits per heavy atom. The number of hydrogen-bond donors (Lipinski definition) is 0. The van der Waals surface area contributed by atoms with Gasteiger partial charge in [0.05, 0.1) is 9.92 Å². The number of rotatable bonds is 3. The van der Waals surface area contributed by atoms with Gasteiger partial charge < -0.3 is 9.80 Å². The van der Waals surface area contributed by atoms with Crippen LogP contribution in [-0.4, -0.2) is 63.6 Å². The molecule has 0 bridgehead atoms. The van der Waals surface area contributed by atoms with Gasteiger partial charge in [-0.05, 0) is 38.2 Å². The van der Waals surface area contributed by atoms with Crippen molar-refractivity contribution in [1.29, 1.82) is 0 Å². The molecule has 1 aliphatic heterocycles. The van der Waals surface area contributed by atoms with Gasteiger partial charge in [-0.2, -0.15) is 0 Å². The maximum absolute atomic E-state index is 12.6. The van der Waals surface area contributed by atoms with E-state index in [0.717, 1.165) is 6.26 Å². The second-order valence-electron chi connectivity index (χ2n) is 6.14. The summed E-state index contributed by atoms with van der Waals surface area (Å²) in [5, 5.41) is 0.139. The molecule has 1 aliphatic rings. The zero-order valence-corrected chi connectivity index (χ0v) is 14.8. The van der Waals surface area contributed by atoms with Crippen LogP contribution in [0.4, 0.5) is 0 Å². The summed E-state index contributed by atoms with van der Waals surface area (Å²) < 4.78 is 23.5. The highest BCUT2D eigenvalue weighted by Gasteiger charge is 2.34. The molecule has 2 atom stereocenters. The third kappa shape index (κ3) is 3.45. The van der Waals surface area contributed by atoms with Gasteiger partial charge in [0, 0.05) is 31.0 Å². The maximum Gasteiger partial charge on any atom is 0.253 e. The summed E-state index contributed by atoms with van der Waals surface area (Å²) in [5.41, 5.74) is 0.358. The van der Waals surface area contributed by atoms with E-state index in [1.54, 1.807) is 11.0 Å². The first-order valence-corrected chi connectivity index (χ1v) is 9.33. The topological polar surface area (TPSA) is 57.7 Å². The molecule has 1 heterocycles. The van der Waals surface area contributed by atoms with Crippen LogP contribution in [0.3, 0.4) is 0 Å². The molecule has 1 amide bonds. The number of carbonyl (C=O) groups excluding carboxylic acids is 1. The average Bonchev–Trinajstić information content (AvgIpc) is 2.79. The normalized spacial score (nSPS) is 22.4. The molecule has 0 radical (unpaired) electrons. The lowest BCUT2D eigenvalue weighted by Crippen LogP contribution is -2.35. The van der Waals surface area contributed by atoms with Crippen LogP contribution in [0.1, 0.15) is 17.3 Å². The van der Waals surface area contributed by atoms with Crippen molar-refractivity contribution >= 4 is 27.3 Å². The van der Waals surface area contributed by atoms with Crippen LogP contribution < -0.4 is 0 Å². The molecule has 22 heavy (non-hydrogen) atoms. The van der Waals surface area contributed by atoms with E-state index in [1.165, 1.54) is 12.1 Å². The van der Waals surface area contributed by atoms with Crippen molar-refractivity contribution in [2.24, 2.45) is 5.92 Å². The molecular formula is C15H21ClN2O3S. The predicted molar refractivity (Wildman–Crippen MR) is 87.1 cm³/mol. The van der Waals surface area contributed by atoms with Crippen molar-refractivity contribution in [3.8, 4) is 0 Å². The van der Waals surface area contributed by atoms with Crippen molar-refractivity contribution < 1.29 is 13.2 Å². The van der Waals surface area contributed by atoms with E-state index in [1.807, 2.05) is 14.1 Å². The van der Waals surface area contributed by atoms with E-state index in [9.17, 15) is 13.2 Å². The Hall–Kier alpha value is -1.11. The minimum Gasteiger partial charge on any atom is -0.337 e. The highest BCUT2D eigenvalue weighted by Crippen LogP contribution is 2.26. The highest BCUT2D eigenvalue weighted by atomic mass is 35.5. The number of likely N-dealkylation sites (N-methyl/N-ethyl adjacent to an activating group) is 1. The Morgan fingerprint density at radius 3 is 2.45 bits per heavy atom. The van der Waals surface area contributed by atoms with E-state index in [2.05, 4.69) is 11.8 Å².